The first-order chi connectivity index (χ1) is 12.4. The first kappa shape index (κ1) is 20.9. The topological polar surface area (TPSA) is 74.6 Å². The van der Waals surface area contributed by atoms with Crippen LogP contribution in [0.5, 0.6) is 0 Å². The molecule has 2 N–H and O–H groups in total. The Hall–Kier alpha value is -1.36. The Labute approximate surface area is 163 Å². The molecule has 0 spiro atoms. The summed E-state index contributed by atoms with van der Waals surface area (Å²) in [4.78, 5) is 22.7. The van der Waals surface area contributed by atoms with Gasteiger partial charge in [-0.25, -0.2) is 0 Å². The predicted octanol–water partition coefficient (Wildman–Crippen LogP) is 5.00. The van der Waals surface area contributed by atoms with Gasteiger partial charge >= 0.3 is 5.97 Å². The van der Waals surface area contributed by atoms with Crippen LogP contribution in [-0.2, 0) is 9.59 Å². The van der Waals surface area contributed by atoms with Gasteiger partial charge in [-0.15, -0.1) is 0 Å². The van der Waals surface area contributed by atoms with E-state index in [0.29, 0.717) is 16.5 Å². The lowest BCUT2D eigenvalue weighted by atomic mass is 9.88. The highest BCUT2D eigenvalue weighted by atomic mass is 35.5. The van der Waals surface area contributed by atoms with Gasteiger partial charge in [0.25, 0.3) is 0 Å². The maximum atomic E-state index is 12.2. The van der Waals surface area contributed by atoms with E-state index in [-0.39, 0.29) is 30.5 Å². The second kappa shape index (κ2) is 10.1. The molecular weight excluding hydrogens is 375 g/mol. The molecule has 0 aliphatic heterocycles. The van der Waals surface area contributed by atoms with Crippen molar-refractivity contribution in [2.24, 2.45) is 11.8 Å². The quantitative estimate of drug-likeness (QED) is 0.573. The minimum absolute atomic E-state index is 0.104. The van der Waals surface area contributed by atoms with Crippen LogP contribution in [0.3, 0.4) is 0 Å². The molecule has 3 unspecified atom stereocenters. The molecule has 142 valence electrons. The lowest BCUT2D eigenvalue weighted by Gasteiger charge is -2.17. The van der Waals surface area contributed by atoms with Gasteiger partial charge in [0.05, 0.1) is 16.1 Å². The molecule has 0 amide bonds. The summed E-state index contributed by atoms with van der Waals surface area (Å²) in [6, 6.07) is 5.31. The number of hydrogen-bond donors (Lipinski definition) is 2. The Balaban J connectivity index is 1.90. The van der Waals surface area contributed by atoms with Crippen molar-refractivity contribution in [3.63, 3.8) is 0 Å². The van der Waals surface area contributed by atoms with Crippen LogP contribution < -0.4 is 0 Å². The van der Waals surface area contributed by atoms with Crippen LogP contribution in [0.4, 0.5) is 0 Å². The molecule has 1 aliphatic rings. The van der Waals surface area contributed by atoms with Crippen LogP contribution in [0, 0.1) is 11.8 Å². The number of carboxylic acids is 1. The summed E-state index contributed by atoms with van der Waals surface area (Å²) in [5, 5.41) is 19.8. The van der Waals surface area contributed by atoms with Crippen LogP contribution in [-0.4, -0.2) is 28.1 Å². The zero-order chi connectivity index (χ0) is 19.1. The molecule has 0 aromatic heterocycles. The van der Waals surface area contributed by atoms with Crippen LogP contribution >= 0.6 is 23.2 Å². The number of unbranched alkanes of at least 4 members (excludes halogenated alkanes) is 3. The van der Waals surface area contributed by atoms with Crippen LogP contribution in [0.1, 0.15) is 50.5 Å². The molecule has 1 aliphatic carbocycles. The molecular formula is C20H24Cl2O4. The van der Waals surface area contributed by atoms with E-state index in [0.717, 1.165) is 31.2 Å². The lowest BCUT2D eigenvalue weighted by molar-refractivity contribution is -0.137. The van der Waals surface area contributed by atoms with Crippen molar-refractivity contribution in [1.82, 2.24) is 0 Å². The van der Waals surface area contributed by atoms with Crippen LogP contribution in [0.25, 0.3) is 6.08 Å². The van der Waals surface area contributed by atoms with E-state index < -0.39 is 12.1 Å². The number of rotatable bonds is 9. The Morgan fingerprint density at radius 1 is 1.15 bits per heavy atom. The van der Waals surface area contributed by atoms with Crippen molar-refractivity contribution in [2.75, 3.05) is 0 Å². The fraction of sp³-hybridized carbons (Fsp3) is 0.500. The van der Waals surface area contributed by atoms with Crippen molar-refractivity contribution >= 4 is 41.0 Å². The molecule has 4 nitrogen and oxygen atoms in total. The fourth-order valence-corrected chi connectivity index (χ4v) is 3.73. The highest BCUT2D eigenvalue weighted by molar-refractivity contribution is 6.42. The predicted molar refractivity (Wildman–Crippen MR) is 103 cm³/mol. The zero-order valence-electron chi connectivity index (χ0n) is 14.5. The van der Waals surface area contributed by atoms with E-state index in [1.807, 2.05) is 18.2 Å². The summed E-state index contributed by atoms with van der Waals surface area (Å²) >= 11 is 11.9. The van der Waals surface area contributed by atoms with Crippen LogP contribution in [0.2, 0.25) is 10.0 Å². The van der Waals surface area contributed by atoms with Crippen molar-refractivity contribution in [1.29, 1.82) is 0 Å². The molecule has 6 heteroatoms. The number of Topliss-reactive ketones (excluding diaryl/α,β-unsaturated/α-hetero) is 1. The van der Waals surface area contributed by atoms with Gasteiger partial charge in [-0.2, -0.15) is 0 Å². The normalized spacial score (nSPS) is 23.0. The Morgan fingerprint density at radius 2 is 1.88 bits per heavy atom. The molecule has 0 bridgehead atoms. The third-order valence-corrected chi connectivity index (χ3v) is 5.58. The molecule has 1 aromatic carbocycles. The molecule has 1 saturated carbocycles. The number of carboxylic acid groups (broad SMARTS) is 1. The number of halogens is 2. The van der Waals surface area contributed by atoms with Crippen molar-refractivity contribution in [2.45, 2.75) is 51.0 Å². The molecule has 2 rings (SSSR count). The monoisotopic (exact) mass is 398 g/mol. The zero-order valence-corrected chi connectivity index (χ0v) is 16.0. The number of carbonyl (C=O) groups excluding carboxylic acids is 1. The molecule has 0 radical (unpaired) electrons. The van der Waals surface area contributed by atoms with Crippen molar-refractivity contribution in [3.05, 3.63) is 39.9 Å². The van der Waals surface area contributed by atoms with Gasteiger partial charge in [-0.05, 0) is 30.5 Å². The van der Waals surface area contributed by atoms with E-state index in [2.05, 4.69) is 0 Å². The van der Waals surface area contributed by atoms with Gasteiger partial charge in [-0.3, -0.25) is 9.59 Å². The van der Waals surface area contributed by atoms with Gasteiger partial charge in [0.15, 0.2) is 0 Å². The number of aliphatic carboxylic acids is 1. The minimum Gasteiger partial charge on any atom is -0.481 e. The lowest BCUT2D eigenvalue weighted by Crippen LogP contribution is -2.18. The number of aliphatic hydroxyl groups is 1. The van der Waals surface area contributed by atoms with Crippen molar-refractivity contribution < 1.29 is 19.8 Å². The Kier molecular flexibility index (Phi) is 8.14. The molecule has 1 fully saturated rings. The fourth-order valence-electron chi connectivity index (χ4n) is 3.42. The van der Waals surface area contributed by atoms with Crippen molar-refractivity contribution in [3.8, 4) is 0 Å². The molecule has 0 heterocycles. The molecule has 0 saturated heterocycles. The largest absolute Gasteiger partial charge is 0.481 e. The standard InChI is InChI=1S/C20H24Cl2O4/c21-16-10-8-13(11-17(16)22)7-9-15-14(18(23)12-19(15)24)5-3-1-2-4-6-20(25)26/h7-11,14-15,19,24H,1-6,12H2,(H,25,26)/b9-7+. The van der Waals surface area contributed by atoms with E-state index in [1.54, 1.807) is 12.1 Å². The van der Waals surface area contributed by atoms with E-state index >= 15 is 0 Å². The van der Waals surface area contributed by atoms with Gasteiger partial charge < -0.3 is 10.2 Å². The summed E-state index contributed by atoms with van der Waals surface area (Å²) in [7, 11) is 0. The van der Waals surface area contributed by atoms with Gasteiger partial charge in [-0.1, -0.05) is 60.7 Å². The van der Waals surface area contributed by atoms with E-state index in [9.17, 15) is 14.7 Å². The number of hydrogen-bond acceptors (Lipinski definition) is 3. The average molecular weight is 399 g/mol. The number of ketones is 1. The number of carbonyl (C=O) groups is 2. The summed E-state index contributed by atoms with van der Waals surface area (Å²) in [6.45, 7) is 0. The second-order valence-electron chi connectivity index (χ2n) is 6.80. The minimum atomic E-state index is -0.772. The number of aliphatic hydroxyl groups excluding tert-OH is 1. The van der Waals surface area contributed by atoms with E-state index in [4.69, 9.17) is 28.3 Å². The maximum absolute atomic E-state index is 12.2. The average Bonchev–Trinajstić information content (AvgIpc) is 2.85. The summed E-state index contributed by atoms with van der Waals surface area (Å²) in [5.74, 6) is -1.04. The van der Waals surface area contributed by atoms with Gasteiger partial charge in [0.2, 0.25) is 0 Å². The van der Waals surface area contributed by atoms with Crippen LogP contribution in [0.15, 0.2) is 24.3 Å². The SMILES string of the molecule is O=C(O)CCCCCCC1C(=O)CC(O)C1/C=C/c1ccc(Cl)c(Cl)c1. The van der Waals surface area contributed by atoms with Gasteiger partial charge in [0.1, 0.15) is 5.78 Å². The highest BCUT2D eigenvalue weighted by Gasteiger charge is 2.39. The number of benzene rings is 1. The summed E-state index contributed by atoms with van der Waals surface area (Å²) in [5.41, 5.74) is 0.873. The highest BCUT2D eigenvalue weighted by Crippen LogP contribution is 2.35. The van der Waals surface area contributed by atoms with Gasteiger partial charge in [0, 0.05) is 24.7 Å². The third kappa shape index (κ3) is 6.11. The first-order valence-corrected chi connectivity index (χ1v) is 9.70. The van der Waals surface area contributed by atoms with E-state index in [1.165, 1.54) is 0 Å². The third-order valence-electron chi connectivity index (χ3n) is 4.84. The molecule has 3 atom stereocenters. The second-order valence-corrected chi connectivity index (χ2v) is 7.62. The Bertz CT molecular complexity index is 672. The smallest absolute Gasteiger partial charge is 0.303 e. The summed E-state index contributed by atoms with van der Waals surface area (Å²) in [6.07, 6.45) is 7.49. The maximum Gasteiger partial charge on any atom is 0.303 e. The molecule has 26 heavy (non-hydrogen) atoms. The first-order valence-electron chi connectivity index (χ1n) is 8.94. The Morgan fingerprint density at radius 3 is 2.58 bits per heavy atom. The summed E-state index contributed by atoms with van der Waals surface area (Å²) < 4.78 is 0. The molecule has 1 aromatic rings.